The Hall–Kier alpha value is -1.34. The number of halogens is 1. The maximum Gasteiger partial charge on any atom is 0.311 e. The van der Waals surface area contributed by atoms with Crippen LogP contribution in [-0.4, -0.2) is 31.6 Å². The Kier molecular flexibility index (Phi) is 5.56. The van der Waals surface area contributed by atoms with Crippen molar-refractivity contribution in [2.45, 2.75) is 18.2 Å². The fraction of sp³-hybridized carbons (Fsp3) is 0.455. The number of sulfone groups is 1. The first-order valence-electron chi connectivity index (χ1n) is 5.62. The molecular formula is C11H14ClNO5S. The highest BCUT2D eigenvalue weighted by Crippen LogP contribution is 2.30. The summed E-state index contributed by atoms with van der Waals surface area (Å²) in [7, 11) is -3.49. The standard InChI is InChI=1S/C11H14ClNO5S/c1-2-18-11-8-9(4-5-10(11)13(14)15)19(16,17)7-3-6-12/h4-5,8H,2-3,6-7H2,1H3. The largest absolute Gasteiger partial charge is 0.487 e. The van der Waals surface area contributed by atoms with Crippen molar-refractivity contribution in [2.75, 3.05) is 18.2 Å². The molecule has 0 atom stereocenters. The number of rotatable bonds is 7. The third-order valence-corrected chi connectivity index (χ3v) is 4.40. The highest BCUT2D eigenvalue weighted by molar-refractivity contribution is 7.91. The molecule has 0 saturated carbocycles. The summed E-state index contributed by atoms with van der Waals surface area (Å²) >= 11 is 5.46. The van der Waals surface area contributed by atoms with Crippen LogP contribution in [0.15, 0.2) is 23.1 Å². The zero-order valence-corrected chi connectivity index (χ0v) is 11.9. The van der Waals surface area contributed by atoms with Crippen LogP contribution in [0.3, 0.4) is 0 Å². The molecule has 0 amide bonds. The summed E-state index contributed by atoms with van der Waals surface area (Å²) in [6.07, 6.45) is 0.324. The van der Waals surface area contributed by atoms with Crippen LogP contribution in [0, 0.1) is 10.1 Å². The van der Waals surface area contributed by atoms with Gasteiger partial charge < -0.3 is 4.74 Å². The van der Waals surface area contributed by atoms with Gasteiger partial charge in [-0.2, -0.15) is 0 Å². The molecule has 0 aromatic heterocycles. The van der Waals surface area contributed by atoms with Gasteiger partial charge in [0.15, 0.2) is 15.6 Å². The van der Waals surface area contributed by atoms with E-state index in [1.807, 2.05) is 0 Å². The Bertz CT molecular complexity index is 558. The first-order chi connectivity index (χ1) is 8.92. The van der Waals surface area contributed by atoms with Crippen LogP contribution in [-0.2, 0) is 9.84 Å². The summed E-state index contributed by atoms with van der Waals surface area (Å²) < 4.78 is 29.0. The molecule has 0 aliphatic carbocycles. The fourth-order valence-electron chi connectivity index (χ4n) is 1.47. The molecular weight excluding hydrogens is 294 g/mol. The van der Waals surface area contributed by atoms with Gasteiger partial charge in [0.25, 0.3) is 0 Å². The van der Waals surface area contributed by atoms with Crippen molar-refractivity contribution in [3.8, 4) is 5.75 Å². The predicted molar refractivity (Wildman–Crippen MR) is 71.7 cm³/mol. The maximum absolute atomic E-state index is 11.9. The van der Waals surface area contributed by atoms with E-state index >= 15 is 0 Å². The second-order valence-electron chi connectivity index (χ2n) is 3.68. The van der Waals surface area contributed by atoms with Crippen molar-refractivity contribution in [3.05, 3.63) is 28.3 Å². The highest BCUT2D eigenvalue weighted by atomic mass is 35.5. The van der Waals surface area contributed by atoms with Crippen molar-refractivity contribution >= 4 is 27.1 Å². The van der Waals surface area contributed by atoms with Crippen LogP contribution < -0.4 is 4.74 Å². The van der Waals surface area contributed by atoms with E-state index in [4.69, 9.17) is 16.3 Å². The molecule has 0 N–H and O–H groups in total. The Morgan fingerprint density at radius 2 is 2.11 bits per heavy atom. The minimum absolute atomic E-state index is 0.00617. The molecule has 0 saturated heterocycles. The molecule has 19 heavy (non-hydrogen) atoms. The van der Waals surface area contributed by atoms with Gasteiger partial charge in [-0.15, -0.1) is 11.6 Å². The summed E-state index contributed by atoms with van der Waals surface area (Å²) in [5, 5.41) is 10.8. The zero-order chi connectivity index (χ0) is 14.5. The molecule has 0 aliphatic rings. The van der Waals surface area contributed by atoms with Crippen molar-refractivity contribution in [1.29, 1.82) is 0 Å². The Balaban J connectivity index is 3.18. The average Bonchev–Trinajstić information content (AvgIpc) is 2.36. The van der Waals surface area contributed by atoms with E-state index in [0.717, 1.165) is 6.07 Å². The van der Waals surface area contributed by atoms with Crippen molar-refractivity contribution in [3.63, 3.8) is 0 Å². The van der Waals surface area contributed by atoms with E-state index in [2.05, 4.69) is 0 Å². The number of hydrogen-bond donors (Lipinski definition) is 0. The summed E-state index contributed by atoms with van der Waals surface area (Å²) in [6, 6.07) is 3.54. The summed E-state index contributed by atoms with van der Waals surface area (Å²) in [5.74, 6) is 0.101. The smallest absolute Gasteiger partial charge is 0.311 e. The maximum atomic E-state index is 11.9. The van der Waals surface area contributed by atoms with E-state index in [1.54, 1.807) is 6.92 Å². The normalized spacial score (nSPS) is 11.3. The van der Waals surface area contributed by atoms with Gasteiger partial charge in [0.05, 0.1) is 22.2 Å². The minimum Gasteiger partial charge on any atom is -0.487 e. The lowest BCUT2D eigenvalue weighted by atomic mass is 10.3. The number of hydrogen-bond acceptors (Lipinski definition) is 5. The van der Waals surface area contributed by atoms with Gasteiger partial charge in [0, 0.05) is 18.0 Å². The van der Waals surface area contributed by atoms with Gasteiger partial charge in [-0.3, -0.25) is 10.1 Å². The number of benzene rings is 1. The molecule has 0 spiro atoms. The molecule has 6 nitrogen and oxygen atoms in total. The quantitative estimate of drug-likeness (QED) is 0.438. The van der Waals surface area contributed by atoms with Crippen LogP contribution in [0.25, 0.3) is 0 Å². The second-order valence-corrected chi connectivity index (χ2v) is 6.17. The third-order valence-electron chi connectivity index (χ3n) is 2.33. The Morgan fingerprint density at radius 1 is 1.42 bits per heavy atom. The van der Waals surface area contributed by atoms with Gasteiger partial charge in [0.1, 0.15) is 0 Å². The number of nitro groups is 1. The lowest BCUT2D eigenvalue weighted by molar-refractivity contribution is -0.385. The van der Waals surface area contributed by atoms with E-state index in [1.165, 1.54) is 12.1 Å². The van der Waals surface area contributed by atoms with E-state index in [0.29, 0.717) is 6.42 Å². The molecule has 8 heteroatoms. The lowest BCUT2D eigenvalue weighted by Crippen LogP contribution is -2.08. The lowest BCUT2D eigenvalue weighted by Gasteiger charge is -2.07. The Labute approximate surface area is 116 Å². The van der Waals surface area contributed by atoms with Crippen LogP contribution in [0.4, 0.5) is 5.69 Å². The average molecular weight is 308 g/mol. The van der Waals surface area contributed by atoms with Crippen LogP contribution in [0.1, 0.15) is 13.3 Å². The second kappa shape index (κ2) is 6.72. The van der Waals surface area contributed by atoms with Gasteiger partial charge in [-0.25, -0.2) is 8.42 Å². The number of ether oxygens (including phenoxy) is 1. The summed E-state index contributed by atoms with van der Waals surface area (Å²) in [4.78, 5) is 10.2. The molecule has 106 valence electrons. The van der Waals surface area contributed by atoms with Crippen molar-refractivity contribution in [2.24, 2.45) is 0 Å². The van der Waals surface area contributed by atoms with Crippen LogP contribution in [0.2, 0.25) is 0 Å². The number of alkyl halides is 1. The zero-order valence-electron chi connectivity index (χ0n) is 10.3. The van der Waals surface area contributed by atoms with Crippen LogP contribution in [0.5, 0.6) is 5.75 Å². The molecule has 0 heterocycles. The van der Waals surface area contributed by atoms with Gasteiger partial charge in [-0.1, -0.05) is 0 Å². The molecule has 0 unspecified atom stereocenters. The molecule has 0 aliphatic heterocycles. The SMILES string of the molecule is CCOc1cc(S(=O)(=O)CCCCl)ccc1[N+](=O)[O-]. The molecule has 1 aromatic rings. The van der Waals surface area contributed by atoms with Gasteiger partial charge in [0.2, 0.25) is 0 Å². The number of nitrogens with zero attached hydrogens (tertiary/aromatic N) is 1. The third kappa shape index (κ3) is 4.07. The molecule has 0 fully saturated rings. The summed E-state index contributed by atoms with van der Waals surface area (Å²) in [5.41, 5.74) is -0.252. The minimum atomic E-state index is -3.49. The van der Waals surface area contributed by atoms with Crippen molar-refractivity contribution in [1.82, 2.24) is 0 Å². The highest BCUT2D eigenvalue weighted by Gasteiger charge is 2.21. The predicted octanol–water partition coefficient (Wildman–Crippen LogP) is 2.40. The van der Waals surface area contributed by atoms with Crippen LogP contribution >= 0.6 is 11.6 Å². The summed E-state index contributed by atoms with van der Waals surface area (Å²) in [6.45, 7) is 1.88. The fourth-order valence-corrected chi connectivity index (χ4v) is 3.09. The van der Waals surface area contributed by atoms with E-state index < -0.39 is 14.8 Å². The molecule has 0 bridgehead atoms. The topological polar surface area (TPSA) is 86.5 Å². The molecule has 1 rings (SSSR count). The van der Waals surface area contributed by atoms with E-state index in [-0.39, 0.29) is 34.6 Å². The Morgan fingerprint density at radius 3 is 2.63 bits per heavy atom. The first kappa shape index (κ1) is 15.7. The monoisotopic (exact) mass is 307 g/mol. The molecule has 1 aromatic carbocycles. The number of nitro benzene ring substituents is 1. The molecule has 0 radical (unpaired) electrons. The van der Waals surface area contributed by atoms with Crippen molar-refractivity contribution < 1.29 is 18.1 Å². The van der Waals surface area contributed by atoms with Gasteiger partial charge in [-0.05, 0) is 19.4 Å². The van der Waals surface area contributed by atoms with E-state index in [9.17, 15) is 18.5 Å². The first-order valence-corrected chi connectivity index (χ1v) is 7.81. The van der Waals surface area contributed by atoms with Gasteiger partial charge >= 0.3 is 5.69 Å².